The number of hydrogen-bond acceptors (Lipinski definition) is 2. The summed E-state index contributed by atoms with van der Waals surface area (Å²) in [6.45, 7) is 6.51. The van der Waals surface area contributed by atoms with E-state index in [-0.39, 0.29) is 0 Å². The van der Waals surface area contributed by atoms with Gasteiger partial charge in [-0.2, -0.15) is 0 Å². The minimum atomic E-state index is 0.408. The molecule has 1 fully saturated rings. The summed E-state index contributed by atoms with van der Waals surface area (Å²) in [4.78, 5) is 9.02. The molecule has 82 valence electrons. The van der Waals surface area contributed by atoms with Crippen molar-refractivity contribution in [1.29, 1.82) is 0 Å². The van der Waals surface area contributed by atoms with E-state index < -0.39 is 0 Å². The van der Waals surface area contributed by atoms with Gasteiger partial charge in [-0.3, -0.25) is 0 Å². The Bertz CT molecular complexity index is 392. The lowest BCUT2D eigenvalue weighted by Gasteiger charge is -2.10. The molecule has 1 aliphatic rings. The monoisotopic (exact) mass is 336 g/mol. The number of nitrogens with zero attached hydrogens (tertiary/aromatic N) is 2. The fourth-order valence-electron chi connectivity index (χ4n) is 1.68. The largest absolute Gasteiger partial charge is 0.236 e. The number of hydrogen-bond donors (Lipinski definition) is 0. The van der Waals surface area contributed by atoms with Crippen LogP contribution in [0.3, 0.4) is 0 Å². The summed E-state index contributed by atoms with van der Waals surface area (Å²) in [7, 11) is 0. The Hall–Kier alpha value is 0.100. The van der Waals surface area contributed by atoms with E-state index in [9.17, 15) is 0 Å². The normalized spacial score (nSPS) is 24.7. The zero-order valence-electron chi connectivity index (χ0n) is 9.09. The van der Waals surface area contributed by atoms with Crippen LogP contribution < -0.4 is 0 Å². The van der Waals surface area contributed by atoms with E-state index >= 15 is 0 Å². The molecule has 2 unspecified atom stereocenters. The highest BCUT2D eigenvalue weighted by Gasteiger charge is 2.37. The highest BCUT2D eigenvalue weighted by Crippen LogP contribution is 2.46. The number of aromatic nitrogens is 2. The molecule has 4 heteroatoms. The van der Waals surface area contributed by atoms with Crippen molar-refractivity contribution >= 4 is 34.2 Å². The minimum Gasteiger partial charge on any atom is -0.236 e. The van der Waals surface area contributed by atoms with E-state index in [1.54, 1.807) is 0 Å². The standard InChI is InChI=1S/C11H14ClIN2/c1-5(2)9-8(13)10(12)15-11(14-9)7-4-6(7)3/h5-7H,4H2,1-3H3. The topological polar surface area (TPSA) is 25.8 Å². The second-order valence-electron chi connectivity index (χ2n) is 4.55. The molecule has 2 rings (SSSR count). The third-order valence-corrected chi connectivity index (χ3v) is 4.50. The molecule has 1 heterocycles. The number of rotatable bonds is 2. The Kier molecular flexibility index (Phi) is 3.22. The molecule has 0 radical (unpaired) electrons. The quantitative estimate of drug-likeness (QED) is 0.603. The van der Waals surface area contributed by atoms with Crippen molar-refractivity contribution in [3.63, 3.8) is 0 Å². The molecule has 0 aliphatic heterocycles. The van der Waals surface area contributed by atoms with Crippen LogP contribution in [0.25, 0.3) is 0 Å². The first kappa shape index (κ1) is 11.6. The maximum atomic E-state index is 6.12. The van der Waals surface area contributed by atoms with Crippen molar-refractivity contribution in [2.75, 3.05) is 0 Å². The van der Waals surface area contributed by atoms with Gasteiger partial charge in [0.25, 0.3) is 0 Å². The molecule has 1 aliphatic carbocycles. The van der Waals surface area contributed by atoms with Crippen LogP contribution in [-0.2, 0) is 0 Å². The van der Waals surface area contributed by atoms with Gasteiger partial charge in [0.1, 0.15) is 11.0 Å². The molecule has 2 nitrogen and oxygen atoms in total. The van der Waals surface area contributed by atoms with Gasteiger partial charge >= 0.3 is 0 Å². The highest BCUT2D eigenvalue weighted by atomic mass is 127. The summed E-state index contributed by atoms with van der Waals surface area (Å²) >= 11 is 8.35. The first-order valence-corrected chi connectivity index (χ1v) is 6.69. The SMILES string of the molecule is CC(C)c1nc(C2CC2C)nc(Cl)c1I. The van der Waals surface area contributed by atoms with Crippen LogP contribution in [0.1, 0.15) is 50.5 Å². The minimum absolute atomic E-state index is 0.408. The maximum Gasteiger partial charge on any atom is 0.146 e. The second-order valence-corrected chi connectivity index (χ2v) is 5.98. The molecule has 2 atom stereocenters. The average molecular weight is 337 g/mol. The Balaban J connectivity index is 2.42. The van der Waals surface area contributed by atoms with Crippen molar-refractivity contribution in [2.24, 2.45) is 5.92 Å². The van der Waals surface area contributed by atoms with E-state index in [1.165, 1.54) is 6.42 Å². The summed E-state index contributed by atoms with van der Waals surface area (Å²) in [5.74, 6) is 2.61. The van der Waals surface area contributed by atoms with Gasteiger partial charge in [0.15, 0.2) is 0 Å². The first-order valence-electron chi connectivity index (χ1n) is 5.23. The van der Waals surface area contributed by atoms with Crippen LogP contribution in [0, 0.1) is 9.49 Å². The first-order chi connectivity index (χ1) is 7.00. The molecule has 0 amide bonds. The van der Waals surface area contributed by atoms with Crippen LogP contribution >= 0.6 is 34.2 Å². The molecule has 1 saturated carbocycles. The van der Waals surface area contributed by atoms with E-state index in [4.69, 9.17) is 11.6 Å². The molecule has 1 aromatic heterocycles. The van der Waals surface area contributed by atoms with Crippen LogP contribution in [0.4, 0.5) is 0 Å². The second kappa shape index (κ2) is 4.17. The predicted molar refractivity (Wildman–Crippen MR) is 70.4 cm³/mol. The summed E-state index contributed by atoms with van der Waals surface area (Å²) in [6.07, 6.45) is 1.20. The smallest absolute Gasteiger partial charge is 0.146 e. The fraction of sp³-hybridized carbons (Fsp3) is 0.636. The molecule has 0 aromatic carbocycles. The van der Waals surface area contributed by atoms with Gasteiger partial charge in [-0.25, -0.2) is 9.97 Å². The lowest BCUT2D eigenvalue weighted by Crippen LogP contribution is -2.04. The van der Waals surface area contributed by atoms with E-state index in [1.807, 2.05) is 0 Å². The van der Waals surface area contributed by atoms with Gasteiger partial charge in [0.2, 0.25) is 0 Å². The third kappa shape index (κ3) is 2.28. The third-order valence-electron chi connectivity index (χ3n) is 2.84. The molecule has 0 bridgehead atoms. The zero-order valence-corrected chi connectivity index (χ0v) is 12.0. The summed E-state index contributed by atoms with van der Waals surface area (Å²) in [6, 6.07) is 0. The summed E-state index contributed by atoms with van der Waals surface area (Å²) in [5.41, 5.74) is 1.09. The maximum absolute atomic E-state index is 6.12. The van der Waals surface area contributed by atoms with E-state index in [0.29, 0.717) is 17.0 Å². The van der Waals surface area contributed by atoms with Crippen LogP contribution in [0.15, 0.2) is 0 Å². The molecule has 0 saturated heterocycles. The predicted octanol–water partition coefficient (Wildman–Crippen LogP) is 3.98. The van der Waals surface area contributed by atoms with Crippen molar-refractivity contribution in [2.45, 2.75) is 39.0 Å². The summed E-state index contributed by atoms with van der Waals surface area (Å²) in [5, 5.41) is 0.614. The molecule has 0 N–H and O–H groups in total. The van der Waals surface area contributed by atoms with Crippen molar-refractivity contribution < 1.29 is 0 Å². The lowest BCUT2D eigenvalue weighted by atomic mass is 10.1. The van der Waals surface area contributed by atoms with Crippen LogP contribution in [0.2, 0.25) is 5.15 Å². The molecule has 15 heavy (non-hydrogen) atoms. The summed E-state index contributed by atoms with van der Waals surface area (Å²) < 4.78 is 1.00. The Morgan fingerprint density at radius 2 is 2.00 bits per heavy atom. The van der Waals surface area contributed by atoms with Crippen LogP contribution in [-0.4, -0.2) is 9.97 Å². The van der Waals surface area contributed by atoms with Crippen molar-refractivity contribution in [3.8, 4) is 0 Å². The lowest BCUT2D eigenvalue weighted by molar-refractivity contribution is 0.760. The van der Waals surface area contributed by atoms with Crippen molar-refractivity contribution in [1.82, 2.24) is 9.97 Å². The van der Waals surface area contributed by atoms with Gasteiger partial charge in [0.05, 0.1) is 9.26 Å². The Labute approximate surface area is 109 Å². The van der Waals surface area contributed by atoms with Crippen molar-refractivity contribution in [3.05, 3.63) is 20.2 Å². The van der Waals surface area contributed by atoms with Gasteiger partial charge in [-0.1, -0.05) is 32.4 Å². The molecular formula is C11H14ClIN2. The van der Waals surface area contributed by atoms with Gasteiger partial charge in [-0.05, 0) is 40.8 Å². The Morgan fingerprint density at radius 1 is 1.40 bits per heavy atom. The van der Waals surface area contributed by atoms with Crippen LogP contribution in [0.5, 0.6) is 0 Å². The van der Waals surface area contributed by atoms with Gasteiger partial charge < -0.3 is 0 Å². The fourth-order valence-corrected chi connectivity index (χ4v) is 2.73. The zero-order chi connectivity index (χ0) is 11.2. The molecule has 0 spiro atoms. The van der Waals surface area contributed by atoms with Gasteiger partial charge in [0, 0.05) is 5.92 Å². The van der Waals surface area contributed by atoms with E-state index in [2.05, 4.69) is 53.3 Å². The van der Waals surface area contributed by atoms with Gasteiger partial charge in [-0.15, -0.1) is 0 Å². The molecule has 1 aromatic rings. The Morgan fingerprint density at radius 3 is 2.47 bits per heavy atom. The average Bonchev–Trinajstić information content (AvgIpc) is 2.87. The number of halogens is 2. The van der Waals surface area contributed by atoms with E-state index in [0.717, 1.165) is 21.0 Å². The molecular weight excluding hydrogens is 322 g/mol. The highest BCUT2D eigenvalue weighted by molar-refractivity contribution is 14.1.